The van der Waals surface area contributed by atoms with Gasteiger partial charge in [0.1, 0.15) is 13.0 Å². The maximum atomic E-state index is 12.1. The summed E-state index contributed by atoms with van der Waals surface area (Å²) in [7, 11) is 1.56. The summed E-state index contributed by atoms with van der Waals surface area (Å²) in [6, 6.07) is 20.8. The lowest BCUT2D eigenvalue weighted by atomic mass is 10.1. The minimum absolute atomic E-state index is 0.333. The highest BCUT2D eigenvalue weighted by atomic mass is 16.5. The minimum Gasteiger partial charge on any atom is -0.493 e. The van der Waals surface area contributed by atoms with Crippen LogP contribution in [-0.4, -0.2) is 25.1 Å². The summed E-state index contributed by atoms with van der Waals surface area (Å²) in [4.78, 5) is 24.1. The van der Waals surface area contributed by atoms with Gasteiger partial charge >= 0.3 is 0 Å². The van der Waals surface area contributed by atoms with Crippen LogP contribution < -0.4 is 20.2 Å². The van der Waals surface area contributed by atoms with Crippen molar-refractivity contribution in [2.45, 2.75) is 26.9 Å². The van der Waals surface area contributed by atoms with Gasteiger partial charge < -0.3 is 14.8 Å². The molecule has 2 N–H and O–H groups in total. The molecular weight excluding hydrogens is 418 g/mol. The normalized spacial score (nSPS) is 10.6. The highest BCUT2D eigenvalue weighted by Crippen LogP contribution is 2.28. The number of carbonyl (C=O) groups is 2. The van der Waals surface area contributed by atoms with Crippen LogP contribution in [0.5, 0.6) is 11.5 Å². The molecule has 0 atom stereocenters. The van der Waals surface area contributed by atoms with E-state index in [0.717, 1.165) is 11.1 Å². The molecule has 0 aliphatic rings. The van der Waals surface area contributed by atoms with Crippen molar-refractivity contribution in [3.63, 3.8) is 0 Å². The summed E-state index contributed by atoms with van der Waals surface area (Å²) >= 11 is 0. The van der Waals surface area contributed by atoms with Crippen LogP contribution in [0.4, 0.5) is 5.69 Å². The van der Waals surface area contributed by atoms with E-state index in [9.17, 15) is 9.59 Å². The van der Waals surface area contributed by atoms with E-state index in [1.54, 1.807) is 31.4 Å². The van der Waals surface area contributed by atoms with Crippen LogP contribution in [0.15, 0.2) is 71.8 Å². The van der Waals surface area contributed by atoms with Gasteiger partial charge in [0.05, 0.1) is 13.3 Å². The van der Waals surface area contributed by atoms with E-state index in [0.29, 0.717) is 29.4 Å². The van der Waals surface area contributed by atoms with Crippen LogP contribution in [0, 0.1) is 13.8 Å². The summed E-state index contributed by atoms with van der Waals surface area (Å²) < 4.78 is 11.3. The fraction of sp³-hybridized carbons (Fsp3) is 0.192. The smallest absolute Gasteiger partial charge is 0.249 e. The predicted octanol–water partition coefficient (Wildman–Crippen LogP) is 4.37. The largest absolute Gasteiger partial charge is 0.493 e. The fourth-order valence-electron chi connectivity index (χ4n) is 3.12. The first-order valence-electron chi connectivity index (χ1n) is 10.5. The first-order chi connectivity index (χ1) is 15.9. The lowest BCUT2D eigenvalue weighted by Gasteiger charge is -2.11. The molecule has 0 aliphatic carbocycles. The number of methoxy groups -OCH3 is 1. The molecule has 3 aromatic carbocycles. The van der Waals surface area contributed by atoms with Gasteiger partial charge in [0.2, 0.25) is 11.8 Å². The van der Waals surface area contributed by atoms with Crippen molar-refractivity contribution in [2.24, 2.45) is 5.10 Å². The molecule has 0 saturated carbocycles. The van der Waals surface area contributed by atoms with Gasteiger partial charge in [-0.15, -0.1) is 0 Å². The van der Waals surface area contributed by atoms with Crippen molar-refractivity contribution >= 4 is 23.7 Å². The van der Waals surface area contributed by atoms with E-state index in [4.69, 9.17) is 9.47 Å². The second-order valence-corrected chi connectivity index (χ2v) is 7.52. The summed E-state index contributed by atoms with van der Waals surface area (Å²) in [6.07, 6.45) is 1.14. The van der Waals surface area contributed by atoms with Crippen LogP contribution in [0.25, 0.3) is 0 Å². The Labute approximate surface area is 193 Å². The Hall–Kier alpha value is -4.13. The Morgan fingerprint density at radius 3 is 2.52 bits per heavy atom. The third-order valence-corrected chi connectivity index (χ3v) is 4.81. The minimum atomic E-state index is -0.512. The average molecular weight is 446 g/mol. The molecule has 0 unspecified atom stereocenters. The van der Waals surface area contributed by atoms with Crippen LogP contribution in [0.2, 0.25) is 0 Å². The third kappa shape index (κ3) is 7.21. The number of nitrogens with zero attached hydrogens (tertiary/aromatic N) is 1. The van der Waals surface area contributed by atoms with Crippen molar-refractivity contribution in [1.29, 1.82) is 0 Å². The molecule has 0 radical (unpaired) electrons. The molecule has 0 spiro atoms. The van der Waals surface area contributed by atoms with Gasteiger partial charge in [-0.25, -0.2) is 5.43 Å². The zero-order valence-corrected chi connectivity index (χ0v) is 18.9. The Morgan fingerprint density at radius 1 is 0.939 bits per heavy atom. The molecule has 3 rings (SSSR count). The lowest BCUT2D eigenvalue weighted by Crippen LogP contribution is -2.24. The molecule has 7 nitrogen and oxygen atoms in total. The first-order valence-corrected chi connectivity index (χ1v) is 10.5. The molecule has 0 saturated heterocycles. The van der Waals surface area contributed by atoms with E-state index < -0.39 is 11.8 Å². The number of ether oxygens (including phenoxy) is 2. The van der Waals surface area contributed by atoms with Crippen molar-refractivity contribution < 1.29 is 19.1 Å². The second kappa shape index (κ2) is 11.5. The molecule has 0 heterocycles. The maximum Gasteiger partial charge on any atom is 0.249 e. The van der Waals surface area contributed by atoms with Crippen LogP contribution in [-0.2, 0) is 16.2 Å². The highest BCUT2D eigenvalue weighted by molar-refractivity contribution is 6.04. The number of carbonyl (C=O) groups excluding carboxylic acids is 2. The Balaban J connectivity index is 1.52. The van der Waals surface area contributed by atoms with E-state index in [1.807, 2.05) is 50.2 Å². The van der Waals surface area contributed by atoms with Crippen LogP contribution in [0.3, 0.4) is 0 Å². The quantitative estimate of drug-likeness (QED) is 0.291. The van der Waals surface area contributed by atoms with E-state index in [-0.39, 0.29) is 6.42 Å². The standard InChI is InChI=1S/C26H27N3O4/c1-18-7-6-9-21(13-18)17-33-23-12-11-20(14-24(23)32-3)16-27-29-26(31)15-25(30)28-22-10-5-4-8-19(22)2/h4-14,16H,15,17H2,1-3H3,(H,28,30)(H,29,31). The fourth-order valence-corrected chi connectivity index (χ4v) is 3.12. The monoisotopic (exact) mass is 445 g/mol. The Bertz CT molecular complexity index is 1160. The summed E-state index contributed by atoms with van der Waals surface area (Å²) in [6.45, 7) is 4.34. The average Bonchev–Trinajstić information content (AvgIpc) is 2.79. The van der Waals surface area contributed by atoms with Gasteiger partial charge in [-0.05, 0) is 54.8 Å². The lowest BCUT2D eigenvalue weighted by molar-refractivity contribution is -0.126. The first kappa shape index (κ1) is 23.5. The van der Waals surface area contributed by atoms with Gasteiger partial charge in [-0.1, -0.05) is 48.0 Å². The van der Waals surface area contributed by atoms with Crippen LogP contribution in [0.1, 0.15) is 28.7 Å². The van der Waals surface area contributed by atoms with Crippen molar-refractivity contribution in [2.75, 3.05) is 12.4 Å². The van der Waals surface area contributed by atoms with Crippen molar-refractivity contribution in [1.82, 2.24) is 5.43 Å². The number of para-hydroxylation sites is 1. The number of amides is 2. The predicted molar refractivity (Wildman–Crippen MR) is 129 cm³/mol. The molecule has 0 aliphatic heterocycles. The molecule has 0 fully saturated rings. The van der Waals surface area contributed by atoms with E-state index in [1.165, 1.54) is 11.8 Å². The summed E-state index contributed by atoms with van der Waals surface area (Å²) in [5, 5.41) is 6.64. The summed E-state index contributed by atoms with van der Waals surface area (Å²) in [5.74, 6) is 0.236. The topological polar surface area (TPSA) is 89.0 Å². The van der Waals surface area contributed by atoms with Crippen LogP contribution >= 0.6 is 0 Å². The van der Waals surface area contributed by atoms with Crippen molar-refractivity contribution in [3.05, 3.63) is 89.0 Å². The molecule has 7 heteroatoms. The van der Waals surface area contributed by atoms with Gasteiger partial charge in [0, 0.05) is 5.69 Å². The number of anilines is 1. The number of nitrogens with one attached hydrogen (secondary N) is 2. The maximum absolute atomic E-state index is 12.1. The highest BCUT2D eigenvalue weighted by Gasteiger charge is 2.10. The molecule has 3 aromatic rings. The summed E-state index contributed by atoms with van der Waals surface area (Å²) in [5.41, 5.74) is 6.91. The number of benzene rings is 3. The van der Waals surface area contributed by atoms with Gasteiger partial charge in [0.15, 0.2) is 11.5 Å². The molecule has 0 aromatic heterocycles. The Morgan fingerprint density at radius 2 is 1.76 bits per heavy atom. The number of hydrazone groups is 1. The van der Waals surface area contributed by atoms with E-state index >= 15 is 0 Å². The van der Waals surface area contributed by atoms with E-state index in [2.05, 4.69) is 21.9 Å². The number of aryl methyl sites for hydroxylation is 2. The number of hydrogen-bond acceptors (Lipinski definition) is 5. The molecule has 170 valence electrons. The zero-order chi connectivity index (χ0) is 23.6. The molecule has 2 amide bonds. The molecular formula is C26H27N3O4. The van der Waals surface area contributed by atoms with Gasteiger partial charge in [0.25, 0.3) is 0 Å². The molecule has 33 heavy (non-hydrogen) atoms. The SMILES string of the molecule is COc1cc(C=NNC(=O)CC(=O)Nc2ccccc2C)ccc1OCc1cccc(C)c1. The number of rotatable bonds is 9. The molecule has 0 bridgehead atoms. The third-order valence-electron chi connectivity index (χ3n) is 4.81. The van der Waals surface area contributed by atoms with Crippen molar-refractivity contribution in [3.8, 4) is 11.5 Å². The van der Waals surface area contributed by atoms with Gasteiger partial charge in [-0.2, -0.15) is 5.10 Å². The zero-order valence-electron chi connectivity index (χ0n) is 18.9. The van der Waals surface area contributed by atoms with Gasteiger partial charge in [-0.3, -0.25) is 9.59 Å². The Kier molecular flexibility index (Phi) is 8.18. The second-order valence-electron chi connectivity index (χ2n) is 7.52. The number of hydrogen-bond donors (Lipinski definition) is 2.